The third-order valence-corrected chi connectivity index (χ3v) is 4.39. The highest BCUT2D eigenvalue weighted by molar-refractivity contribution is 7.09. The highest BCUT2D eigenvalue weighted by Gasteiger charge is 2.12. The standard InChI is InChI=1S/C16H25N3S/c1-3-10-19-13-14(12-18-19)16(17-4-2)9-5-7-15-8-6-11-20-15/h6,8,11-13,16-17H,3-5,7,9-10H2,1-2H3. The number of nitrogens with zero attached hydrogens (tertiary/aromatic N) is 2. The van der Waals surface area contributed by atoms with Crippen LogP contribution in [0.4, 0.5) is 0 Å². The zero-order valence-electron chi connectivity index (χ0n) is 12.5. The minimum absolute atomic E-state index is 0.436. The van der Waals surface area contributed by atoms with E-state index in [2.05, 4.69) is 52.7 Å². The summed E-state index contributed by atoms with van der Waals surface area (Å²) in [7, 11) is 0. The lowest BCUT2D eigenvalue weighted by molar-refractivity contribution is 0.497. The molecular formula is C16H25N3S. The number of nitrogens with one attached hydrogen (secondary N) is 1. The first-order chi connectivity index (χ1) is 9.83. The van der Waals surface area contributed by atoms with Gasteiger partial charge in [0.25, 0.3) is 0 Å². The Kier molecular flexibility index (Phi) is 6.27. The van der Waals surface area contributed by atoms with Crippen LogP contribution in [0.1, 0.15) is 49.6 Å². The first-order valence-corrected chi connectivity index (χ1v) is 8.49. The van der Waals surface area contributed by atoms with Crippen molar-refractivity contribution in [2.24, 2.45) is 0 Å². The van der Waals surface area contributed by atoms with Crippen molar-refractivity contribution < 1.29 is 0 Å². The summed E-state index contributed by atoms with van der Waals surface area (Å²) in [5, 5.41) is 10.2. The molecule has 0 aliphatic rings. The lowest BCUT2D eigenvalue weighted by Crippen LogP contribution is -2.20. The molecule has 0 radical (unpaired) electrons. The van der Waals surface area contributed by atoms with Crippen LogP contribution in [0.15, 0.2) is 29.9 Å². The van der Waals surface area contributed by atoms with Gasteiger partial charge in [-0.05, 0) is 43.7 Å². The fraction of sp³-hybridized carbons (Fsp3) is 0.562. The van der Waals surface area contributed by atoms with Gasteiger partial charge in [0.1, 0.15) is 0 Å². The Labute approximate surface area is 126 Å². The lowest BCUT2D eigenvalue weighted by Gasteiger charge is -2.16. The highest BCUT2D eigenvalue weighted by Crippen LogP contribution is 2.20. The minimum Gasteiger partial charge on any atom is -0.310 e. The quantitative estimate of drug-likeness (QED) is 0.756. The number of aromatic nitrogens is 2. The van der Waals surface area contributed by atoms with Crippen molar-refractivity contribution >= 4 is 11.3 Å². The van der Waals surface area contributed by atoms with E-state index in [0.717, 1.165) is 19.5 Å². The molecule has 1 unspecified atom stereocenters. The molecule has 3 nitrogen and oxygen atoms in total. The molecule has 1 atom stereocenters. The van der Waals surface area contributed by atoms with Gasteiger partial charge < -0.3 is 5.32 Å². The van der Waals surface area contributed by atoms with Crippen molar-refractivity contribution in [2.45, 2.75) is 52.1 Å². The van der Waals surface area contributed by atoms with Gasteiger partial charge in [0, 0.05) is 29.2 Å². The van der Waals surface area contributed by atoms with Crippen LogP contribution < -0.4 is 5.32 Å². The number of hydrogen-bond acceptors (Lipinski definition) is 3. The van der Waals surface area contributed by atoms with Crippen LogP contribution in [-0.2, 0) is 13.0 Å². The third-order valence-electron chi connectivity index (χ3n) is 3.45. The van der Waals surface area contributed by atoms with Crippen molar-refractivity contribution in [1.82, 2.24) is 15.1 Å². The predicted octanol–water partition coefficient (Wildman–Crippen LogP) is 4.03. The Bertz CT molecular complexity index is 476. The molecule has 0 bridgehead atoms. The van der Waals surface area contributed by atoms with E-state index in [1.54, 1.807) is 0 Å². The van der Waals surface area contributed by atoms with Crippen LogP contribution in [0.3, 0.4) is 0 Å². The van der Waals surface area contributed by atoms with Gasteiger partial charge in [0.15, 0.2) is 0 Å². The molecule has 2 aromatic rings. The number of rotatable bonds is 9. The summed E-state index contributed by atoms with van der Waals surface area (Å²) in [5.41, 5.74) is 1.33. The molecule has 0 aliphatic heterocycles. The van der Waals surface area contributed by atoms with Crippen molar-refractivity contribution in [3.05, 3.63) is 40.3 Å². The molecule has 0 fully saturated rings. The Balaban J connectivity index is 1.88. The van der Waals surface area contributed by atoms with Gasteiger partial charge in [-0.3, -0.25) is 4.68 Å². The Hall–Kier alpha value is -1.13. The van der Waals surface area contributed by atoms with Crippen LogP contribution in [0, 0.1) is 0 Å². The Morgan fingerprint density at radius 1 is 1.40 bits per heavy atom. The van der Waals surface area contributed by atoms with E-state index in [0.29, 0.717) is 6.04 Å². The van der Waals surface area contributed by atoms with E-state index in [4.69, 9.17) is 0 Å². The molecule has 1 N–H and O–H groups in total. The maximum atomic E-state index is 4.45. The highest BCUT2D eigenvalue weighted by atomic mass is 32.1. The number of aryl methyl sites for hydroxylation is 2. The summed E-state index contributed by atoms with van der Waals surface area (Å²) in [6, 6.07) is 4.80. The Morgan fingerprint density at radius 2 is 2.30 bits per heavy atom. The van der Waals surface area contributed by atoms with Gasteiger partial charge in [-0.1, -0.05) is 19.9 Å². The van der Waals surface area contributed by atoms with Gasteiger partial charge in [0.2, 0.25) is 0 Å². The summed E-state index contributed by atoms with van der Waals surface area (Å²) < 4.78 is 2.05. The average Bonchev–Trinajstić information content (AvgIpc) is 3.09. The first-order valence-electron chi connectivity index (χ1n) is 7.61. The largest absolute Gasteiger partial charge is 0.310 e. The summed E-state index contributed by atoms with van der Waals surface area (Å²) in [6.07, 6.45) is 8.92. The normalized spacial score (nSPS) is 12.7. The third kappa shape index (κ3) is 4.46. The molecule has 0 spiro atoms. The monoisotopic (exact) mass is 291 g/mol. The van der Waals surface area contributed by atoms with Crippen molar-refractivity contribution in [1.29, 1.82) is 0 Å². The molecule has 2 aromatic heterocycles. The van der Waals surface area contributed by atoms with E-state index >= 15 is 0 Å². The van der Waals surface area contributed by atoms with Crippen molar-refractivity contribution in [3.8, 4) is 0 Å². The summed E-state index contributed by atoms with van der Waals surface area (Å²) >= 11 is 1.86. The predicted molar refractivity (Wildman–Crippen MR) is 86.2 cm³/mol. The SMILES string of the molecule is CCCn1cc(C(CCCc2cccs2)NCC)cn1. The summed E-state index contributed by atoms with van der Waals surface area (Å²) in [6.45, 7) is 6.36. The molecule has 2 heterocycles. The second-order valence-corrected chi connectivity index (χ2v) is 6.15. The van der Waals surface area contributed by atoms with E-state index < -0.39 is 0 Å². The number of hydrogen-bond donors (Lipinski definition) is 1. The van der Waals surface area contributed by atoms with Crippen LogP contribution in [-0.4, -0.2) is 16.3 Å². The van der Waals surface area contributed by atoms with Gasteiger partial charge in [-0.15, -0.1) is 11.3 Å². The van der Waals surface area contributed by atoms with E-state index in [9.17, 15) is 0 Å². The van der Waals surface area contributed by atoms with Gasteiger partial charge in [-0.25, -0.2) is 0 Å². The molecule has 110 valence electrons. The van der Waals surface area contributed by atoms with Crippen molar-refractivity contribution in [2.75, 3.05) is 6.54 Å². The Morgan fingerprint density at radius 3 is 3.00 bits per heavy atom. The first kappa shape index (κ1) is 15.3. The lowest BCUT2D eigenvalue weighted by atomic mass is 10.0. The zero-order chi connectivity index (χ0) is 14.2. The molecule has 0 saturated heterocycles. The average molecular weight is 291 g/mol. The second-order valence-electron chi connectivity index (χ2n) is 5.12. The van der Waals surface area contributed by atoms with Gasteiger partial charge >= 0.3 is 0 Å². The van der Waals surface area contributed by atoms with Gasteiger partial charge in [0.05, 0.1) is 6.20 Å². The maximum Gasteiger partial charge on any atom is 0.0537 e. The molecule has 2 rings (SSSR count). The fourth-order valence-electron chi connectivity index (χ4n) is 2.48. The van der Waals surface area contributed by atoms with Gasteiger partial charge in [-0.2, -0.15) is 5.10 Å². The van der Waals surface area contributed by atoms with Crippen LogP contribution in [0.25, 0.3) is 0 Å². The minimum atomic E-state index is 0.436. The molecule has 0 amide bonds. The molecule has 0 saturated carbocycles. The molecule has 20 heavy (non-hydrogen) atoms. The summed E-state index contributed by atoms with van der Waals surface area (Å²) in [4.78, 5) is 1.49. The van der Waals surface area contributed by atoms with Crippen LogP contribution in [0.5, 0.6) is 0 Å². The fourth-order valence-corrected chi connectivity index (χ4v) is 3.23. The van der Waals surface area contributed by atoms with Crippen LogP contribution in [0.2, 0.25) is 0 Å². The maximum absolute atomic E-state index is 4.45. The van der Waals surface area contributed by atoms with Crippen LogP contribution >= 0.6 is 11.3 Å². The van der Waals surface area contributed by atoms with E-state index in [1.165, 1.54) is 29.7 Å². The topological polar surface area (TPSA) is 29.9 Å². The zero-order valence-corrected chi connectivity index (χ0v) is 13.3. The number of thiophene rings is 1. The van der Waals surface area contributed by atoms with E-state index in [1.807, 2.05) is 17.5 Å². The smallest absolute Gasteiger partial charge is 0.0537 e. The van der Waals surface area contributed by atoms with Crippen molar-refractivity contribution in [3.63, 3.8) is 0 Å². The summed E-state index contributed by atoms with van der Waals surface area (Å²) in [5.74, 6) is 0. The molecule has 0 aromatic carbocycles. The molecular weight excluding hydrogens is 266 g/mol. The second kappa shape index (κ2) is 8.22. The molecule has 0 aliphatic carbocycles. The molecule has 4 heteroatoms. The van der Waals surface area contributed by atoms with E-state index in [-0.39, 0.29) is 0 Å².